The van der Waals surface area contributed by atoms with Gasteiger partial charge in [0.2, 0.25) is 11.9 Å². The lowest BCUT2D eigenvalue weighted by atomic mass is 9.91. The predicted molar refractivity (Wildman–Crippen MR) is 98.6 cm³/mol. The van der Waals surface area contributed by atoms with Gasteiger partial charge in [-0.2, -0.15) is 0 Å². The first-order valence-corrected chi connectivity index (χ1v) is 9.02. The molecule has 4 rings (SSSR count). The summed E-state index contributed by atoms with van der Waals surface area (Å²) in [5, 5.41) is 0. The first kappa shape index (κ1) is 16.9. The first-order chi connectivity index (χ1) is 12.6. The third-order valence-corrected chi connectivity index (χ3v) is 5.45. The molecule has 1 atom stereocenters. The fourth-order valence-corrected chi connectivity index (χ4v) is 3.97. The zero-order chi connectivity index (χ0) is 18.1. The van der Waals surface area contributed by atoms with Crippen LogP contribution in [0.25, 0.3) is 0 Å². The molecule has 0 aromatic carbocycles. The highest BCUT2D eigenvalue weighted by molar-refractivity contribution is 5.88. The van der Waals surface area contributed by atoms with Crippen molar-refractivity contribution in [2.45, 2.75) is 25.4 Å². The van der Waals surface area contributed by atoms with Gasteiger partial charge < -0.3 is 9.80 Å². The van der Waals surface area contributed by atoms with E-state index < -0.39 is 5.54 Å². The molecule has 7 heteroatoms. The Hall–Kier alpha value is -2.54. The number of anilines is 1. The molecule has 2 aromatic rings. The molecule has 0 saturated carbocycles. The van der Waals surface area contributed by atoms with Crippen molar-refractivity contribution in [1.82, 2.24) is 24.8 Å². The maximum Gasteiger partial charge on any atom is 0.244 e. The van der Waals surface area contributed by atoms with Crippen molar-refractivity contribution in [3.8, 4) is 0 Å². The minimum atomic E-state index is -0.517. The van der Waals surface area contributed by atoms with Crippen LogP contribution in [0, 0.1) is 6.92 Å². The molecule has 26 heavy (non-hydrogen) atoms. The first-order valence-electron chi connectivity index (χ1n) is 9.02. The van der Waals surface area contributed by atoms with Gasteiger partial charge in [-0.15, -0.1) is 0 Å². The van der Waals surface area contributed by atoms with Gasteiger partial charge >= 0.3 is 0 Å². The molecule has 0 unspecified atom stereocenters. The Labute approximate surface area is 153 Å². The van der Waals surface area contributed by atoms with Crippen molar-refractivity contribution in [3.05, 3.63) is 48.0 Å². The zero-order valence-corrected chi connectivity index (χ0v) is 15.3. The molecule has 136 valence electrons. The van der Waals surface area contributed by atoms with Crippen molar-refractivity contribution >= 4 is 11.9 Å². The van der Waals surface area contributed by atoms with Crippen molar-refractivity contribution < 1.29 is 4.79 Å². The summed E-state index contributed by atoms with van der Waals surface area (Å²) in [5.41, 5.74) is 1.65. The highest BCUT2D eigenvalue weighted by Crippen LogP contribution is 2.35. The van der Waals surface area contributed by atoms with E-state index in [0.717, 1.165) is 43.7 Å². The van der Waals surface area contributed by atoms with E-state index in [-0.39, 0.29) is 5.91 Å². The van der Waals surface area contributed by atoms with E-state index in [1.165, 1.54) is 0 Å². The molecule has 7 nitrogen and oxygen atoms in total. The van der Waals surface area contributed by atoms with Gasteiger partial charge in [0, 0.05) is 64.6 Å². The lowest BCUT2D eigenvalue weighted by Gasteiger charge is -2.46. The highest BCUT2D eigenvalue weighted by Gasteiger charge is 2.52. The Kier molecular flexibility index (Phi) is 4.32. The van der Waals surface area contributed by atoms with E-state index >= 15 is 0 Å². The Bertz CT molecular complexity index is 780. The minimum Gasteiger partial charge on any atom is -0.343 e. The highest BCUT2D eigenvalue weighted by atomic mass is 16.2. The number of likely N-dealkylation sites (N-methyl/N-ethyl adjacent to an activating group) is 1. The van der Waals surface area contributed by atoms with Gasteiger partial charge in [0.1, 0.15) is 5.54 Å². The van der Waals surface area contributed by atoms with Crippen LogP contribution < -0.4 is 4.90 Å². The van der Waals surface area contributed by atoms with Crippen LogP contribution in [0.3, 0.4) is 0 Å². The molecule has 2 aliphatic rings. The third-order valence-electron chi connectivity index (χ3n) is 5.45. The Morgan fingerprint density at radius 3 is 2.69 bits per heavy atom. The molecule has 0 N–H and O–H groups in total. The van der Waals surface area contributed by atoms with Gasteiger partial charge in [-0.1, -0.05) is 6.07 Å². The Morgan fingerprint density at radius 1 is 1.15 bits per heavy atom. The van der Waals surface area contributed by atoms with Crippen LogP contribution in [0.4, 0.5) is 5.95 Å². The molecule has 1 spiro atoms. The number of pyridine rings is 1. The molecule has 0 aliphatic carbocycles. The minimum absolute atomic E-state index is 0.197. The van der Waals surface area contributed by atoms with E-state index in [9.17, 15) is 4.79 Å². The molecule has 0 bridgehead atoms. The topological polar surface area (TPSA) is 65.5 Å². The average molecular weight is 352 g/mol. The maximum absolute atomic E-state index is 13.2. The van der Waals surface area contributed by atoms with Gasteiger partial charge in [-0.3, -0.25) is 14.7 Å². The van der Waals surface area contributed by atoms with Crippen LogP contribution >= 0.6 is 0 Å². The van der Waals surface area contributed by atoms with E-state index in [1.54, 1.807) is 6.20 Å². The van der Waals surface area contributed by atoms with Crippen molar-refractivity contribution in [2.24, 2.45) is 0 Å². The molecular formula is C19H24N6O. The summed E-state index contributed by atoms with van der Waals surface area (Å²) in [6.07, 6.45) is 8.10. The SMILES string of the molecule is Cc1cnc(N2CC[C@]3(C2)C(=O)N(C)CCN3Cc2cccnc2)nc1. The monoisotopic (exact) mass is 352 g/mol. The lowest BCUT2D eigenvalue weighted by Crippen LogP contribution is -2.65. The van der Waals surface area contributed by atoms with E-state index in [2.05, 4.69) is 30.8 Å². The standard InChI is InChI=1S/C19H24N6O/c1-15-10-21-18(22-11-15)24-7-5-19(14-24)17(26)23(2)8-9-25(19)13-16-4-3-6-20-12-16/h3-4,6,10-12H,5,7-9,13-14H2,1-2H3/t19-/m0/s1. The van der Waals surface area contributed by atoms with Gasteiger partial charge in [-0.25, -0.2) is 9.97 Å². The number of carbonyl (C=O) groups is 1. The average Bonchev–Trinajstić information content (AvgIpc) is 3.10. The normalized spacial score (nSPS) is 23.8. The summed E-state index contributed by atoms with van der Waals surface area (Å²) in [5.74, 6) is 0.900. The molecule has 2 saturated heterocycles. The number of aromatic nitrogens is 3. The summed E-state index contributed by atoms with van der Waals surface area (Å²) in [7, 11) is 1.90. The van der Waals surface area contributed by atoms with Gasteiger partial charge in [0.05, 0.1) is 0 Å². The van der Waals surface area contributed by atoms with E-state index in [4.69, 9.17) is 0 Å². The molecule has 2 aliphatic heterocycles. The van der Waals surface area contributed by atoms with Crippen LogP contribution in [0.15, 0.2) is 36.9 Å². The molecule has 4 heterocycles. The van der Waals surface area contributed by atoms with Gasteiger partial charge in [-0.05, 0) is 30.5 Å². The van der Waals surface area contributed by atoms with Crippen LogP contribution in [0.5, 0.6) is 0 Å². The summed E-state index contributed by atoms with van der Waals surface area (Å²) >= 11 is 0. The molecule has 1 amide bonds. The fourth-order valence-electron chi connectivity index (χ4n) is 3.97. The summed E-state index contributed by atoms with van der Waals surface area (Å²) in [6, 6.07) is 4.01. The van der Waals surface area contributed by atoms with Crippen LogP contribution in [0.1, 0.15) is 17.5 Å². The number of hydrogen-bond donors (Lipinski definition) is 0. The second kappa shape index (κ2) is 6.64. The van der Waals surface area contributed by atoms with E-state index in [0.29, 0.717) is 12.5 Å². The number of rotatable bonds is 3. The third kappa shape index (κ3) is 2.92. The summed E-state index contributed by atoms with van der Waals surface area (Å²) in [6.45, 7) is 5.73. The van der Waals surface area contributed by atoms with E-state index in [1.807, 2.05) is 43.5 Å². The van der Waals surface area contributed by atoms with Crippen LogP contribution in [-0.2, 0) is 11.3 Å². The number of piperazine rings is 1. The summed E-state index contributed by atoms with van der Waals surface area (Å²) in [4.78, 5) is 32.6. The Balaban J connectivity index is 1.61. The number of nitrogens with zero attached hydrogens (tertiary/aromatic N) is 6. The fraction of sp³-hybridized carbons (Fsp3) is 0.474. The lowest BCUT2D eigenvalue weighted by molar-refractivity contribution is -0.148. The molecular weight excluding hydrogens is 328 g/mol. The van der Waals surface area contributed by atoms with Gasteiger partial charge in [0.15, 0.2) is 0 Å². The molecule has 2 fully saturated rings. The zero-order valence-electron chi connectivity index (χ0n) is 15.3. The predicted octanol–water partition coefficient (Wildman–Crippen LogP) is 1.10. The summed E-state index contributed by atoms with van der Waals surface area (Å²) < 4.78 is 0. The smallest absolute Gasteiger partial charge is 0.244 e. The number of carbonyl (C=O) groups excluding carboxylic acids is 1. The van der Waals surface area contributed by atoms with Crippen molar-refractivity contribution in [1.29, 1.82) is 0 Å². The quantitative estimate of drug-likeness (QED) is 0.824. The molecule has 2 aromatic heterocycles. The van der Waals surface area contributed by atoms with Gasteiger partial charge in [0.25, 0.3) is 0 Å². The second-order valence-electron chi connectivity index (χ2n) is 7.27. The molecule has 0 radical (unpaired) electrons. The Morgan fingerprint density at radius 2 is 1.96 bits per heavy atom. The number of amides is 1. The van der Waals surface area contributed by atoms with Crippen LogP contribution in [-0.4, -0.2) is 69.4 Å². The van der Waals surface area contributed by atoms with Crippen molar-refractivity contribution in [2.75, 3.05) is 38.1 Å². The number of aryl methyl sites for hydroxylation is 1. The van der Waals surface area contributed by atoms with Crippen molar-refractivity contribution in [3.63, 3.8) is 0 Å². The number of hydrogen-bond acceptors (Lipinski definition) is 6. The second-order valence-corrected chi connectivity index (χ2v) is 7.27. The largest absolute Gasteiger partial charge is 0.343 e. The van der Waals surface area contributed by atoms with Crippen LogP contribution in [0.2, 0.25) is 0 Å². The maximum atomic E-state index is 13.2.